The summed E-state index contributed by atoms with van der Waals surface area (Å²) < 4.78 is 57.0. The Hall–Kier alpha value is -9.01. The lowest BCUT2D eigenvalue weighted by atomic mass is 9.85. The van der Waals surface area contributed by atoms with Crippen molar-refractivity contribution < 1.29 is 100 Å². The molecule has 0 unspecified atom stereocenters. The Balaban J connectivity index is 0.914. The molecule has 0 bridgehead atoms. The molecule has 117 heavy (non-hydrogen) atoms. The van der Waals surface area contributed by atoms with Crippen molar-refractivity contribution in [3.05, 3.63) is 62.9 Å². The number of unbranched alkanes of at least 4 members (excludes halogenated alkanes) is 1. The minimum atomic E-state index is -2.08. The van der Waals surface area contributed by atoms with Crippen LogP contribution in [0.2, 0.25) is 0 Å². The van der Waals surface area contributed by atoms with Crippen molar-refractivity contribution >= 4 is 76.4 Å². The van der Waals surface area contributed by atoms with Gasteiger partial charge in [-0.25, -0.2) is 24.2 Å². The molecule has 1 fully saturated rings. The van der Waals surface area contributed by atoms with Crippen molar-refractivity contribution in [2.24, 2.45) is 11.7 Å². The smallest absolute Gasteiger partial charge is 0.407 e. The lowest BCUT2D eigenvalue weighted by Crippen LogP contribution is -2.58. The minimum Gasteiger partial charge on any atom is -0.457 e. The number of esters is 2. The van der Waals surface area contributed by atoms with Crippen LogP contribution in [0.1, 0.15) is 149 Å². The molecule has 1 aromatic carbocycles. The number of aromatic nitrogens is 2. The number of ether oxygens (including phenoxy) is 10. The maximum atomic E-state index is 14.6. The molecule has 3 aromatic rings. The average molecular weight is 1650 g/mol. The lowest BCUT2D eigenvalue weighted by Gasteiger charge is -2.37. The number of primary amides is 1. The van der Waals surface area contributed by atoms with E-state index in [-0.39, 0.29) is 134 Å². The van der Waals surface area contributed by atoms with Crippen LogP contribution in [0.4, 0.5) is 9.59 Å². The van der Waals surface area contributed by atoms with Gasteiger partial charge in [0, 0.05) is 94.8 Å². The molecule has 9 N–H and O–H groups in total. The normalized spacial score (nSPS) is 15.9. The highest BCUT2D eigenvalue weighted by Gasteiger charge is 2.52. The molecule has 3 aliphatic rings. The molecule has 654 valence electrons. The number of rotatable bonds is 53. The van der Waals surface area contributed by atoms with E-state index in [1.807, 2.05) is 50.2 Å². The third-order valence-corrected chi connectivity index (χ3v) is 19.5. The number of pyridine rings is 2. The number of fused-ring (bicyclic) bond motifs is 5. The fraction of sp³-hybridized carbons (Fsp3) is 0.691. The Bertz CT molecular complexity index is 3850. The van der Waals surface area contributed by atoms with E-state index in [4.69, 9.17) is 58.1 Å². The monoisotopic (exact) mass is 1650 g/mol. The summed E-state index contributed by atoms with van der Waals surface area (Å²) in [5, 5.41) is 20.3. The maximum absolute atomic E-state index is 14.6. The predicted octanol–water partition coefficient (Wildman–Crippen LogP) is 2.30. The summed E-state index contributed by atoms with van der Waals surface area (Å²) >= 11 is 0. The number of hydrogen-bond acceptors (Lipinski definition) is 26. The quantitative estimate of drug-likeness (QED) is 0.0179. The Kier molecular flexibility index (Phi) is 40.4. The number of benzene rings is 1. The number of carbonyl (C=O) groups excluding carboxylic acids is 11. The first-order valence-corrected chi connectivity index (χ1v) is 40.7. The third kappa shape index (κ3) is 32.3. The van der Waals surface area contributed by atoms with Gasteiger partial charge in [-0.15, -0.1) is 0 Å². The molecule has 2 aromatic heterocycles. The molecule has 0 aliphatic carbocycles. The van der Waals surface area contributed by atoms with Gasteiger partial charge in [-0.3, -0.25) is 43.3 Å². The van der Waals surface area contributed by atoms with Crippen molar-refractivity contribution in [2.75, 3.05) is 172 Å². The number of amides is 9. The number of likely N-dealkylation sites (N-methyl/N-ethyl adjacent to an activating group) is 3. The van der Waals surface area contributed by atoms with Crippen molar-refractivity contribution in [1.82, 2.24) is 66.4 Å². The van der Waals surface area contributed by atoms with Crippen LogP contribution in [-0.2, 0) is 116 Å². The second-order valence-corrected chi connectivity index (χ2v) is 31.6. The van der Waals surface area contributed by atoms with Gasteiger partial charge in [-0.05, 0) is 131 Å². The van der Waals surface area contributed by atoms with E-state index in [2.05, 4.69) is 42.1 Å². The Morgan fingerprint density at radius 3 is 1.77 bits per heavy atom. The van der Waals surface area contributed by atoms with Gasteiger partial charge in [0.15, 0.2) is 0 Å². The van der Waals surface area contributed by atoms with Gasteiger partial charge >= 0.3 is 24.1 Å². The number of nitrogens with one attached hydrogen (secondary N) is 7. The van der Waals surface area contributed by atoms with Gasteiger partial charge < -0.3 is 110 Å². The number of cyclic esters (lactones) is 1. The molecule has 6 rings (SSSR count). The largest absolute Gasteiger partial charge is 0.457 e. The van der Waals surface area contributed by atoms with E-state index in [1.165, 1.54) is 4.90 Å². The summed E-state index contributed by atoms with van der Waals surface area (Å²) in [6, 6.07) is 4.62. The number of nitrogens with zero attached hydrogens (tertiary/aromatic N) is 6. The summed E-state index contributed by atoms with van der Waals surface area (Å²) in [4.78, 5) is 173. The molecule has 0 spiro atoms. The van der Waals surface area contributed by atoms with E-state index < -0.39 is 107 Å². The highest BCUT2D eigenvalue weighted by atomic mass is 16.6. The van der Waals surface area contributed by atoms with E-state index in [0.717, 1.165) is 22.0 Å². The molecular weight excluding hydrogens is 1520 g/mol. The van der Waals surface area contributed by atoms with E-state index in [1.54, 1.807) is 84.9 Å². The minimum absolute atomic E-state index is 0.0115. The number of para-hydroxylation sites is 1. The molecule has 36 nitrogen and oxygen atoms in total. The van der Waals surface area contributed by atoms with Gasteiger partial charge in [0.05, 0.1) is 121 Å². The van der Waals surface area contributed by atoms with Crippen LogP contribution in [-0.4, -0.2) is 302 Å². The molecule has 9 amide bonds. The average Bonchev–Trinajstić information content (AvgIpc) is 1.63. The highest BCUT2D eigenvalue weighted by molar-refractivity contribution is 5.97. The Morgan fingerprint density at radius 2 is 1.20 bits per heavy atom. The molecule has 1 saturated heterocycles. The topological polar surface area (TPSA) is 438 Å². The van der Waals surface area contributed by atoms with E-state index >= 15 is 0 Å². The van der Waals surface area contributed by atoms with Gasteiger partial charge in [0.25, 0.3) is 5.56 Å². The van der Waals surface area contributed by atoms with Crippen molar-refractivity contribution in [3.8, 4) is 11.4 Å². The molecule has 5 heterocycles. The fourth-order valence-electron chi connectivity index (χ4n) is 13.3. The second-order valence-electron chi connectivity index (χ2n) is 31.6. The van der Waals surface area contributed by atoms with Crippen LogP contribution in [0.25, 0.3) is 22.3 Å². The van der Waals surface area contributed by atoms with Crippen molar-refractivity contribution in [3.63, 3.8) is 0 Å². The van der Waals surface area contributed by atoms with Crippen LogP contribution in [0.3, 0.4) is 0 Å². The summed E-state index contributed by atoms with van der Waals surface area (Å²) in [6.45, 7) is 24.5. The van der Waals surface area contributed by atoms with Gasteiger partial charge in [-0.1, -0.05) is 45.9 Å². The van der Waals surface area contributed by atoms with Crippen LogP contribution in [0.15, 0.2) is 35.1 Å². The molecule has 36 heteroatoms. The van der Waals surface area contributed by atoms with E-state index in [9.17, 15) is 57.5 Å². The zero-order valence-corrected chi connectivity index (χ0v) is 70.8. The van der Waals surface area contributed by atoms with Gasteiger partial charge in [-0.2, -0.15) is 0 Å². The van der Waals surface area contributed by atoms with Gasteiger partial charge in [0.2, 0.25) is 47.0 Å². The van der Waals surface area contributed by atoms with Crippen molar-refractivity contribution in [1.29, 1.82) is 0 Å². The first-order chi connectivity index (χ1) is 55.6. The highest BCUT2D eigenvalue weighted by Crippen LogP contribution is 2.42. The molecular formula is C81H128N14O22. The first-order valence-electron chi connectivity index (χ1n) is 40.7. The summed E-state index contributed by atoms with van der Waals surface area (Å²) in [6.07, 6.45) is 0.974. The number of aryl methyl sites for hydroxylation is 1. The number of alkyl carbamates (subject to hydrolysis) is 2. The van der Waals surface area contributed by atoms with E-state index in [0.29, 0.717) is 129 Å². The molecule has 0 radical (unpaired) electrons. The van der Waals surface area contributed by atoms with Crippen LogP contribution < -0.4 is 48.5 Å². The number of likely N-dealkylation sites (tertiary alicyclic amines) is 1. The van der Waals surface area contributed by atoms with Gasteiger partial charge in [0.1, 0.15) is 42.0 Å². The fourth-order valence-corrected chi connectivity index (χ4v) is 13.3. The van der Waals surface area contributed by atoms with Crippen molar-refractivity contribution in [2.45, 2.75) is 188 Å². The summed E-state index contributed by atoms with van der Waals surface area (Å²) in [7, 11) is 5.55. The zero-order chi connectivity index (χ0) is 85.8. The number of carbonyl (C=O) groups is 11. The zero-order valence-electron chi connectivity index (χ0n) is 70.8. The predicted molar refractivity (Wildman–Crippen MR) is 432 cm³/mol. The summed E-state index contributed by atoms with van der Waals surface area (Å²) in [5.41, 5.74) is 6.02. The third-order valence-electron chi connectivity index (χ3n) is 19.5. The van der Waals surface area contributed by atoms with Crippen LogP contribution >= 0.6 is 0 Å². The number of hydrogen-bond donors (Lipinski definition) is 8. The lowest BCUT2D eigenvalue weighted by molar-refractivity contribution is -0.191. The molecule has 5 atom stereocenters. The van der Waals surface area contributed by atoms with Crippen LogP contribution in [0.5, 0.6) is 0 Å². The summed E-state index contributed by atoms with van der Waals surface area (Å²) in [5.74, 6) is -6.30. The Morgan fingerprint density at radius 1 is 0.641 bits per heavy atom. The molecule has 0 saturated carbocycles. The first kappa shape index (κ1) is 96.8. The number of nitrogens with two attached hydrogens (primary N) is 1. The second kappa shape index (κ2) is 48.8. The standard InChI is InChI=1S/C81H128N14O22/c1-14-55-56-21-16-17-22-60(56)89-70-57(55)51-95-64(70)49-59-58(73(95)102)53-114-76(105)81(59,15-2)115-75(104)69(54(3)4)90-72(101)63-24-20-31-94(63)74(103)62(50-65(82)96)88-68(99)52-93(13)36-35-92(12)34-33-91(11)32-28-84-71(100)61(87-67(98)26-38-109-42-46-113-48-44-111-40-30-86-78(107)117-80(8,9)10)23-18-19-27-83-66(97)25-37-108-41-45-112-47-43-110-39-29-85-77(106)116-79(5,6)7/h16-17,21-22,49,54,61-63,69H,14-15,18-20,23-48,50-53H2,1-13H3,(H2,82,96)(H,83,97)(H,84,100)(H,85,106)(H,86,107)(H,87,98)(H,88,99)(H,90,101)/t61-,62-,63-,69-,81-/m0/s1. The molecule has 3 aliphatic heterocycles. The SMILES string of the molecule is CCc1c2c(nc3ccccc13)-c1cc3c(c(=O)n1C2)COC(=O)[C@@]3(CC)OC(=O)[C@@H](NC(=O)[C@@H]1CCCN1C(=O)[C@H](CC(N)=O)NC(=O)CN(C)CCN(C)CCN(C)CCNC(=O)[C@H](CCCCNC(=O)CCOCCOCCOCCNC(=O)OC(C)(C)C)NC(=O)CCOCCOCCOCCNC(=O)OC(C)(C)C)C(C)C. The Labute approximate surface area is 686 Å². The van der Waals surface area contributed by atoms with Crippen LogP contribution in [0, 0.1) is 5.92 Å². The maximum Gasteiger partial charge on any atom is 0.407 e.